The number of ether oxygens (including phenoxy) is 1. The first-order valence-electron chi connectivity index (χ1n) is 7.22. The van der Waals surface area contributed by atoms with Gasteiger partial charge < -0.3 is 15.4 Å². The van der Waals surface area contributed by atoms with Gasteiger partial charge >= 0.3 is 0 Å². The van der Waals surface area contributed by atoms with E-state index in [4.69, 9.17) is 27.9 Å². The van der Waals surface area contributed by atoms with Crippen molar-refractivity contribution in [3.05, 3.63) is 45.9 Å². The molecule has 2 amide bonds. The number of fused-ring (bicyclic) bond motifs is 1. The number of carbonyl (C=O) groups excluding carboxylic acids is 2. The van der Waals surface area contributed by atoms with Crippen molar-refractivity contribution >= 4 is 56.2 Å². The zero-order valence-electron chi connectivity index (χ0n) is 13.3. The van der Waals surface area contributed by atoms with Crippen LogP contribution in [0.2, 0.25) is 10.0 Å². The largest absolute Gasteiger partial charge is 0.482 e. The van der Waals surface area contributed by atoms with E-state index in [-0.39, 0.29) is 38.7 Å². The smallest absolute Gasteiger partial charge is 0.262 e. The van der Waals surface area contributed by atoms with Gasteiger partial charge in [0.05, 0.1) is 31.9 Å². The average molecular weight is 415 g/mol. The third kappa shape index (κ3) is 3.77. The van der Waals surface area contributed by atoms with Crippen molar-refractivity contribution in [3.63, 3.8) is 0 Å². The summed E-state index contributed by atoms with van der Waals surface area (Å²) in [5, 5.41) is 5.42. The van der Waals surface area contributed by atoms with Crippen LogP contribution in [-0.4, -0.2) is 33.1 Å². The summed E-state index contributed by atoms with van der Waals surface area (Å²) in [5.74, 6) is -0.600. The number of nitrogens with one attached hydrogen (secondary N) is 2. The van der Waals surface area contributed by atoms with E-state index in [1.54, 1.807) is 0 Å². The van der Waals surface area contributed by atoms with E-state index in [9.17, 15) is 18.0 Å². The number of benzene rings is 2. The number of amides is 2. The molecule has 0 aromatic heterocycles. The highest BCUT2D eigenvalue weighted by Crippen LogP contribution is 2.36. The molecule has 136 valence electrons. The maximum absolute atomic E-state index is 12.5. The van der Waals surface area contributed by atoms with Gasteiger partial charge in [-0.1, -0.05) is 23.2 Å². The van der Waals surface area contributed by atoms with Gasteiger partial charge in [0.2, 0.25) is 0 Å². The minimum atomic E-state index is -3.50. The number of anilines is 2. The molecule has 3 rings (SSSR count). The number of sulfone groups is 1. The minimum absolute atomic E-state index is 0.0161. The molecule has 7 nitrogen and oxygen atoms in total. The maximum atomic E-state index is 12.5. The average Bonchev–Trinajstić information content (AvgIpc) is 2.55. The Bertz CT molecular complexity index is 1040. The van der Waals surface area contributed by atoms with Gasteiger partial charge in [-0.3, -0.25) is 9.59 Å². The molecule has 26 heavy (non-hydrogen) atoms. The van der Waals surface area contributed by atoms with Crippen molar-refractivity contribution in [2.24, 2.45) is 0 Å². The molecule has 0 fully saturated rings. The summed E-state index contributed by atoms with van der Waals surface area (Å²) in [4.78, 5) is 23.8. The fourth-order valence-electron chi connectivity index (χ4n) is 2.29. The van der Waals surface area contributed by atoms with Crippen LogP contribution < -0.4 is 15.4 Å². The summed E-state index contributed by atoms with van der Waals surface area (Å²) in [6.07, 6.45) is 1.03. The van der Waals surface area contributed by atoms with Crippen LogP contribution in [-0.2, 0) is 14.6 Å². The highest BCUT2D eigenvalue weighted by atomic mass is 35.5. The van der Waals surface area contributed by atoms with Gasteiger partial charge in [-0.2, -0.15) is 0 Å². The highest BCUT2D eigenvalue weighted by Gasteiger charge is 2.21. The first kappa shape index (κ1) is 18.5. The van der Waals surface area contributed by atoms with Crippen molar-refractivity contribution in [2.75, 3.05) is 23.5 Å². The van der Waals surface area contributed by atoms with Crippen molar-refractivity contribution < 1.29 is 22.7 Å². The Kier molecular flexibility index (Phi) is 4.83. The number of carbonyl (C=O) groups is 2. The second kappa shape index (κ2) is 6.79. The summed E-state index contributed by atoms with van der Waals surface area (Å²) in [6.45, 7) is -0.149. The van der Waals surface area contributed by atoms with Crippen LogP contribution in [0.4, 0.5) is 11.4 Å². The lowest BCUT2D eigenvalue weighted by atomic mass is 10.2. The van der Waals surface area contributed by atoms with Crippen LogP contribution in [0.15, 0.2) is 35.2 Å². The predicted molar refractivity (Wildman–Crippen MR) is 98.1 cm³/mol. The predicted octanol–water partition coefficient (Wildman–Crippen LogP) is 2.98. The molecule has 0 aliphatic carbocycles. The summed E-state index contributed by atoms with van der Waals surface area (Å²) < 4.78 is 28.6. The van der Waals surface area contributed by atoms with Gasteiger partial charge in [0.1, 0.15) is 5.75 Å². The maximum Gasteiger partial charge on any atom is 0.262 e. The minimum Gasteiger partial charge on any atom is -0.482 e. The highest BCUT2D eigenvalue weighted by molar-refractivity contribution is 7.90. The Labute approximate surface area is 159 Å². The molecule has 0 bridgehead atoms. The number of hydrogen-bond acceptors (Lipinski definition) is 5. The van der Waals surface area contributed by atoms with E-state index in [2.05, 4.69) is 10.6 Å². The zero-order valence-corrected chi connectivity index (χ0v) is 15.6. The fourth-order valence-corrected chi connectivity index (χ4v) is 3.36. The van der Waals surface area contributed by atoms with Crippen molar-refractivity contribution in [1.82, 2.24) is 0 Å². The van der Waals surface area contributed by atoms with E-state index in [1.165, 1.54) is 30.3 Å². The molecule has 0 unspecified atom stereocenters. The van der Waals surface area contributed by atoms with Gasteiger partial charge in [0, 0.05) is 12.3 Å². The number of hydrogen-bond donors (Lipinski definition) is 2. The summed E-state index contributed by atoms with van der Waals surface area (Å²) in [6, 6.07) is 6.74. The monoisotopic (exact) mass is 414 g/mol. The van der Waals surface area contributed by atoms with Gasteiger partial charge in [0.25, 0.3) is 11.8 Å². The molecular formula is C16H12Cl2N2O5S. The molecule has 10 heteroatoms. The standard InChI is InChI=1S/C16H12Cl2N2O5S/c1-26(23,24)8-2-3-10(17)9(4-8)16(22)20-12-6-14-13(5-11(12)18)19-15(21)7-25-14/h2-6H,7H2,1H3,(H,19,21)(H,20,22). The molecule has 0 spiro atoms. The lowest BCUT2D eigenvalue weighted by molar-refractivity contribution is -0.118. The van der Waals surface area contributed by atoms with Crippen LogP contribution in [0.5, 0.6) is 5.75 Å². The quantitative estimate of drug-likeness (QED) is 0.803. The Morgan fingerprint density at radius 2 is 1.92 bits per heavy atom. The molecule has 1 aliphatic heterocycles. The van der Waals surface area contributed by atoms with E-state index < -0.39 is 15.7 Å². The second-order valence-corrected chi connectivity index (χ2v) is 8.36. The Morgan fingerprint density at radius 1 is 1.19 bits per heavy atom. The zero-order chi connectivity index (χ0) is 19.1. The van der Waals surface area contributed by atoms with E-state index in [0.29, 0.717) is 11.4 Å². The third-order valence-electron chi connectivity index (χ3n) is 3.56. The molecule has 0 saturated carbocycles. The Hall–Kier alpha value is -2.29. The molecule has 0 saturated heterocycles. The van der Waals surface area contributed by atoms with E-state index in [0.717, 1.165) is 6.26 Å². The summed E-state index contributed by atoms with van der Waals surface area (Å²) >= 11 is 12.2. The van der Waals surface area contributed by atoms with Gasteiger partial charge in [0.15, 0.2) is 16.4 Å². The fraction of sp³-hybridized carbons (Fsp3) is 0.125. The molecule has 0 atom stereocenters. The topological polar surface area (TPSA) is 102 Å². The second-order valence-electron chi connectivity index (χ2n) is 5.53. The lowest BCUT2D eigenvalue weighted by Crippen LogP contribution is -2.25. The summed E-state index contributed by atoms with van der Waals surface area (Å²) in [7, 11) is -3.50. The third-order valence-corrected chi connectivity index (χ3v) is 5.31. The first-order valence-corrected chi connectivity index (χ1v) is 9.87. The Morgan fingerprint density at radius 3 is 2.62 bits per heavy atom. The summed E-state index contributed by atoms with van der Waals surface area (Å²) in [5.41, 5.74) is 0.603. The van der Waals surface area contributed by atoms with Crippen molar-refractivity contribution in [2.45, 2.75) is 4.90 Å². The molecule has 0 radical (unpaired) electrons. The number of rotatable bonds is 3. The Balaban J connectivity index is 1.93. The molecule has 1 aliphatic rings. The van der Waals surface area contributed by atoms with Gasteiger partial charge in [-0.05, 0) is 24.3 Å². The molecule has 1 heterocycles. The molecule has 2 N–H and O–H groups in total. The van der Waals surface area contributed by atoms with Crippen LogP contribution in [0.1, 0.15) is 10.4 Å². The van der Waals surface area contributed by atoms with Gasteiger partial charge in [-0.15, -0.1) is 0 Å². The van der Waals surface area contributed by atoms with Gasteiger partial charge in [-0.25, -0.2) is 8.42 Å². The van der Waals surface area contributed by atoms with Crippen molar-refractivity contribution in [1.29, 1.82) is 0 Å². The molecule has 2 aromatic rings. The van der Waals surface area contributed by atoms with E-state index in [1.807, 2.05) is 0 Å². The molecule has 2 aromatic carbocycles. The SMILES string of the molecule is CS(=O)(=O)c1ccc(Cl)c(C(=O)Nc2cc3c(cc2Cl)NC(=O)CO3)c1. The number of halogens is 2. The van der Waals surface area contributed by atoms with Crippen LogP contribution >= 0.6 is 23.2 Å². The first-order chi connectivity index (χ1) is 12.1. The van der Waals surface area contributed by atoms with E-state index >= 15 is 0 Å². The lowest BCUT2D eigenvalue weighted by Gasteiger charge is -2.19. The van der Waals surface area contributed by atoms with Crippen LogP contribution in [0, 0.1) is 0 Å². The van der Waals surface area contributed by atoms with Crippen LogP contribution in [0.25, 0.3) is 0 Å². The van der Waals surface area contributed by atoms with Crippen LogP contribution in [0.3, 0.4) is 0 Å². The molecular weight excluding hydrogens is 403 g/mol. The van der Waals surface area contributed by atoms with Crippen molar-refractivity contribution in [3.8, 4) is 5.75 Å². The normalized spacial score (nSPS) is 13.4.